The minimum Gasteiger partial charge on any atom is -0.329 e. The first-order chi connectivity index (χ1) is 12.1. The zero-order valence-corrected chi connectivity index (χ0v) is 14.1. The van der Waals surface area contributed by atoms with Crippen molar-refractivity contribution in [2.75, 3.05) is 0 Å². The molecule has 0 aliphatic carbocycles. The number of sulfonamides is 1. The molecule has 25 heavy (non-hydrogen) atoms. The fourth-order valence-corrected chi connectivity index (χ4v) is 3.73. The van der Waals surface area contributed by atoms with E-state index in [1.807, 2.05) is 53.6 Å². The van der Waals surface area contributed by atoms with E-state index in [9.17, 15) is 8.42 Å². The summed E-state index contributed by atoms with van der Waals surface area (Å²) in [6, 6.07) is 15.8. The van der Waals surface area contributed by atoms with Crippen LogP contribution >= 0.6 is 0 Å². The molecule has 0 aromatic heterocycles. The third-order valence-electron chi connectivity index (χ3n) is 3.98. The van der Waals surface area contributed by atoms with Crippen LogP contribution < -0.4 is 0 Å². The highest BCUT2D eigenvalue weighted by Crippen LogP contribution is 2.22. The lowest BCUT2D eigenvalue weighted by atomic mass is 10.1. The predicted molar refractivity (Wildman–Crippen MR) is 97.9 cm³/mol. The van der Waals surface area contributed by atoms with Crippen molar-refractivity contribution in [3.05, 3.63) is 90.2 Å². The van der Waals surface area contributed by atoms with E-state index in [1.165, 1.54) is 12.1 Å². The Balaban J connectivity index is 1.90. The zero-order chi connectivity index (χ0) is 17.3. The molecular formula is C19H15N3O2S. The van der Waals surface area contributed by atoms with Gasteiger partial charge in [-0.3, -0.25) is 0 Å². The van der Waals surface area contributed by atoms with Gasteiger partial charge < -0.3 is 4.90 Å². The van der Waals surface area contributed by atoms with E-state index >= 15 is 0 Å². The van der Waals surface area contributed by atoms with Crippen molar-refractivity contribution >= 4 is 21.7 Å². The molecule has 0 N–H and O–H groups in total. The van der Waals surface area contributed by atoms with Crippen molar-refractivity contribution in [3.63, 3.8) is 0 Å². The highest BCUT2D eigenvalue weighted by molar-refractivity contribution is 7.90. The number of allylic oxidation sites excluding steroid dienone is 2. The van der Waals surface area contributed by atoms with Gasteiger partial charge in [0.15, 0.2) is 5.84 Å². The van der Waals surface area contributed by atoms with E-state index in [1.54, 1.807) is 18.2 Å². The fourth-order valence-electron chi connectivity index (χ4n) is 2.76. The number of benzene rings is 2. The van der Waals surface area contributed by atoms with E-state index in [2.05, 4.69) is 9.39 Å². The molecule has 2 aliphatic rings. The zero-order valence-electron chi connectivity index (χ0n) is 13.3. The summed E-state index contributed by atoms with van der Waals surface area (Å²) in [5.74, 6) is 0.873. The number of nitrogens with zero attached hydrogens (tertiary/aromatic N) is 3. The molecule has 0 saturated heterocycles. The number of fused-ring (bicyclic) bond motifs is 2. The van der Waals surface area contributed by atoms with Gasteiger partial charge in [-0.2, -0.15) is 8.42 Å². The normalized spacial score (nSPS) is 17.7. The maximum Gasteiger partial charge on any atom is 0.284 e. The van der Waals surface area contributed by atoms with Gasteiger partial charge in [0.25, 0.3) is 10.0 Å². The van der Waals surface area contributed by atoms with Gasteiger partial charge in [0, 0.05) is 18.3 Å². The highest BCUT2D eigenvalue weighted by atomic mass is 32.2. The molecule has 2 aromatic rings. The summed E-state index contributed by atoms with van der Waals surface area (Å²) in [7, 11) is -3.84. The number of rotatable bonds is 2. The van der Waals surface area contributed by atoms with Gasteiger partial charge in [-0.15, -0.1) is 4.40 Å². The first-order valence-electron chi connectivity index (χ1n) is 7.82. The third-order valence-corrected chi connectivity index (χ3v) is 5.26. The molecule has 0 saturated carbocycles. The maximum atomic E-state index is 12.7. The van der Waals surface area contributed by atoms with Crippen LogP contribution in [-0.2, 0) is 16.6 Å². The Morgan fingerprint density at radius 2 is 1.72 bits per heavy atom. The summed E-state index contributed by atoms with van der Waals surface area (Å²) in [6.07, 6.45) is 7.56. The molecule has 2 aliphatic heterocycles. The largest absolute Gasteiger partial charge is 0.329 e. The monoisotopic (exact) mass is 349 g/mol. The summed E-state index contributed by atoms with van der Waals surface area (Å²) < 4.78 is 29.4. The lowest BCUT2D eigenvalue weighted by Crippen LogP contribution is -2.24. The van der Waals surface area contributed by atoms with Gasteiger partial charge in [0.05, 0.1) is 4.90 Å². The summed E-state index contributed by atoms with van der Waals surface area (Å²) in [5.41, 5.74) is 1.70. The van der Waals surface area contributed by atoms with Gasteiger partial charge in [0.1, 0.15) is 5.84 Å². The van der Waals surface area contributed by atoms with Crippen LogP contribution in [0.1, 0.15) is 11.1 Å². The van der Waals surface area contributed by atoms with E-state index < -0.39 is 10.0 Å². The Kier molecular flexibility index (Phi) is 3.82. The molecule has 0 radical (unpaired) electrons. The molecule has 0 spiro atoms. The van der Waals surface area contributed by atoms with Gasteiger partial charge in [-0.25, -0.2) is 4.99 Å². The summed E-state index contributed by atoms with van der Waals surface area (Å²) >= 11 is 0. The van der Waals surface area contributed by atoms with Crippen molar-refractivity contribution in [1.29, 1.82) is 0 Å². The van der Waals surface area contributed by atoms with E-state index in [0.717, 1.165) is 11.1 Å². The maximum absolute atomic E-state index is 12.7. The van der Waals surface area contributed by atoms with Gasteiger partial charge in [-0.1, -0.05) is 48.5 Å². The molecule has 0 atom stereocenters. The minimum atomic E-state index is -3.84. The van der Waals surface area contributed by atoms with Crippen LogP contribution in [0.5, 0.6) is 0 Å². The Morgan fingerprint density at radius 3 is 2.56 bits per heavy atom. The summed E-state index contributed by atoms with van der Waals surface area (Å²) in [4.78, 5) is 6.65. The quantitative estimate of drug-likeness (QED) is 0.837. The average Bonchev–Trinajstić information content (AvgIpc) is 2.78. The highest BCUT2D eigenvalue weighted by Gasteiger charge is 2.22. The van der Waals surface area contributed by atoms with Gasteiger partial charge in [-0.05, 0) is 29.8 Å². The standard InChI is InChI=1S/C19H15N3O2S/c23-25(24,16-9-2-1-3-10-16)21-19-17-11-5-4-8-15(17)14-22-13-7-6-12-18(22)20-19/h1-13H,14H2. The Bertz CT molecular complexity index is 1040. The molecule has 4 rings (SSSR count). The van der Waals surface area contributed by atoms with Crippen LogP contribution in [0.3, 0.4) is 0 Å². The molecule has 5 nitrogen and oxygen atoms in total. The van der Waals surface area contributed by atoms with E-state index in [4.69, 9.17) is 0 Å². The van der Waals surface area contributed by atoms with Crippen LogP contribution in [0.25, 0.3) is 0 Å². The van der Waals surface area contributed by atoms with Crippen molar-refractivity contribution in [2.45, 2.75) is 11.4 Å². The number of amidine groups is 2. The first-order valence-corrected chi connectivity index (χ1v) is 9.26. The Labute approximate surface area is 146 Å². The van der Waals surface area contributed by atoms with Crippen LogP contribution in [0.15, 0.2) is 93.3 Å². The number of hydrogen-bond donors (Lipinski definition) is 0. The molecular weight excluding hydrogens is 334 g/mol. The lowest BCUT2D eigenvalue weighted by Gasteiger charge is -2.20. The van der Waals surface area contributed by atoms with Crippen molar-refractivity contribution in [3.8, 4) is 0 Å². The van der Waals surface area contributed by atoms with Crippen LogP contribution in [0.2, 0.25) is 0 Å². The van der Waals surface area contributed by atoms with Crippen molar-refractivity contribution < 1.29 is 8.42 Å². The summed E-state index contributed by atoms with van der Waals surface area (Å²) in [5, 5.41) is 0. The van der Waals surface area contributed by atoms with Crippen LogP contribution in [-0.4, -0.2) is 25.0 Å². The molecule has 0 bridgehead atoms. The minimum absolute atomic E-state index is 0.153. The van der Waals surface area contributed by atoms with Crippen LogP contribution in [0.4, 0.5) is 0 Å². The first kappa shape index (κ1) is 15.5. The second kappa shape index (κ2) is 6.14. The van der Waals surface area contributed by atoms with E-state index in [0.29, 0.717) is 12.4 Å². The topological polar surface area (TPSA) is 62.1 Å². The molecule has 0 fully saturated rings. The van der Waals surface area contributed by atoms with Crippen molar-refractivity contribution in [1.82, 2.24) is 4.90 Å². The summed E-state index contributed by atoms with van der Waals surface area (Å²) in [6.45, 7) is 0.611. The van der Waals surface area contributed by atoms with Gasteiger partial charge in [0.2, 0.25) is 0 Å². The van der Waals surface area contributed by atoms with Gasteiger partial charge >= 0.3 is 0 Å². The molecule has 2 aromatic carbocycles. The smallest absolute Gasteiger partial charge is 0.284 e. The van der Waals surface area contributed by atoms with Crippen molar-refractivity contribution in [2.24, 2.45) is 9.39 Å². The number of aliphatic imine (C=N–C) groups is 1. The molecule has 2 heterocycles. The lowest BCUT2D eigenvalue weighted by molar-refractivity contribution is 0.556. The Hall–Kier alpha value is -2.99. The average molecular weight is 349 g/mol. The van der Waals surface area contributed by atoms with E-state index in [-0.39, 0.29) is 10.7 Å². The molecule has 6 heteroatoms. The third kappa shape index (κ3) is 3.04. The second-order valence-electron chi connectivity index (χ2n) is 5.66. The SMILES string of the molecule is O=S(=O)(N=C1N=C2C=CC=CN2Cc2ccccc21)c1ccccc1. The van der Waals surface area contributed by atoms with Crippen LogP contribution in [0, 0.1) is 0 Å². The predicted octanol–water partition coefficient (Wildman–Crippen LogP) is 3.12. The Morgan fingerprint density at radius 1 is 0.960 bits per heavy atom. The molecule has 124 valence electrons. The molecule has 0 unspecified atom stereocenters. The number of hydrogen-bond acceptors (Lipinski definition) is 3. The molecule has 0 amide bonds. The fraction of sp³-hybridized carbons (Fsp3) is 0.0526. The second-order valence-corrected chi connectivity index (χ2v) is 7.26.